The van der Waals surface area contributed by atoms with Crippen LogP contribution in [0.5, 0.6) is 0 Å². The first-order valence-electron chi connectivity index (χ1n) is 21.2. The van der Waals surface area contributed by atoms with Gasteiger partial charge in [0.2, 0.25) is 0 Å². The maximum Gasteiger partial charge on any atom is 0.145 e. The molecule has 1 atom stereocenters. The molecule has 0 amide bonds. The summed E-state index contributed by atoms with van der Waals surface area (Å²) in [5, 5.41) is 11.6. The van der Waals surface area contributed by atoms with Crippen LogP contribution in [0.1, 0.15) is 75.6 Å². The number of aliphatic imine (C=N–C) groups is 1. The average molecular weight is 783 g/mol. The normalized spacial score (nSPS) is 18.4. The van der Waals surface area contributed by atoms with Crippen molar-refractivity contribution in [2.24, 2.45) is 4.99 Å². The van der Waals surface area contributed by atoms with Gasteiger partial charge in [0.15, 0.2) is 0 Å². The Morgan fingerprint density at radius 3 is 1.93 bits per heavy atom. The fourth-order valence-corrected chi connectivity index (χ4v) is 11.6. The van der Waals surface area contributed by atoms with Crippen LogP contribution >= 0.6 is 11.3 Å². The Morgan fingerprint density at radius 1 is 0.610 bits per heavy atom. The zero-order valence-electron chi connectivity index (χ0n) is 34.0. The number of thiophene rings is 1. The maximum absolute atomic E-state index is 5.70. The summed E-state index contributed by atoms with van der Waals surface area (Å²) in [4.78, 5) is 5.70. The van der Waals surface area contributed by atoms with Crippen LogP contribution in [0.4, 0.5) is 5.00 Å². The molecule has 4 nitrogen and oxygen atoms in total. The van der Waals surface area contributed by atoms with Crippen LogP contribution in [0, 0.1) is 0 Å². The first-order valence-corrected chi connectivity index (χ1v) is 22.0. The van der Waals surface area contributed by atoms with E-state index < -0.39 is 0 Å². The van der Waals surface area contributed by atoms with Gasteiger partial charge in [0.05, 0.1) is 27.8 Å². The molecular weight excluding hydrogens is 737 g/mol. The highest BCUT2D eigenvalue weighted by atomic mass is 32.1. The highest BCUT2D eigenvalue weighted by Gasteiger charge is 2.38. The molecule has 6 aromatic carbocycles. The Kier molecular flexibility index (Phi) is 7.48. The number of aromatic nitrogens is 2. The second kappa shape index (κ2) is 12.7. The zero-order valence-corrected chi connectivity index (χ0v) is 34.8. The lowest BCUT2D eigenvalue weighted by molar-refractivity contribution is 0.332. The van der Waals surface area contributed by atoms with Gasteiger partial charge in [-0.2, -0.15) is 0 Å². The van der Waals surface area contributed by atoms with Crippen molar-refractivity contribution in [3.63, 3.8) is 0 Å². The molecule has 0 fully saturated rings. The fraction of sp³-hybridized carbons (Fsp3) is 0.204. The van der Waals surface area contributed by atoms with Crippen molar-refractivity contribution in [2.45, 2.75) is 70.4 Å². The van der Waals surface area contributed by atoms with Crippen molar-refractivity contribution in [2.75, 3.05) is 5.32 Å². The van der Waals surface area contributed by atoms with E-state index in [0.29, 0.717) is 0 Å². The highest BCUT2D eigenvalue weighted by molar-refractivity contribution is 7.23. The molecule has 4 heterocycles. The summed E-state index contributed by atoms with van der Waals surface area (Å²) in [6.07, 6.45) is 8.97. The minimum Gasteiger partial charge on any atom is -0.351 e. The molecule has 1 aliphatic heterocycles. The van der Waals surface area contributed by atoms with E-state index in [0.717, 1.165) is 29.8 Å². The molecule has 3 aromatic heterocycles. The predicted octanol–water partition coefficient (Wildman–Crippen LogP) is 14.3. The van der Waals surface area contributed by atoms with E-state index in [-0.39, 0.29) is 17.0 Å². The number of para-hydroxylation sites is 3. The molecule has 0 saturated carbocycles. The van der Waals surface area contributed by atoms with Crippen molar-refractivity contribution < 1.29 is 0 Å². The van der Waals surface area contributed by atoms with E-state index in [9.17, 15) is 0 Å². The van der Waals surface area contributed by atoms with Crippen LogP contribution in [-0.4, -0.2) is 21.0 Å². The molecular formula is C54H46N4S. The quantitative estimate of drug-likeness (QED) is 0.190. The topological polar surface area (TPSA) is 34.2 Å². The van der Waals surface area contributed by atoms with Gasteiger partial charge in [-0.1, -0.05) is 119 Å². The minimum atomic E-state index is -0.224. The molecule has 3 aliphatic rings. The molecule has 5 heteroatoms. The first kappa shape index (κ1) is 34.8. The van der Waals surface area contributed by atoms with Crippen LogP contribution in [0.3, 0.4) is 0 Å². The second-order valence-corrected chi connectivity index (χ2v) is 19.2. The number of benzene rings is 6. The predicted molar refractivity (Wildman–Crippen MR) is 252 cm³/mol. The van der Waals surface area contributed by atoms with Gasteiger partial charge in [-0.05, 0) is 108 Å². The summed E-state index contributed by atoms with van der Waals surface area (Å²) in [6, 6.07) is 49.4. The Balaban J connectivity index is 1.02. The number of rotatable bonds is 4. The van der Waals surface area contributed by atoms with Crippen molar-refractivity contribution in [3.05, 3.63) is 173 Å². The third-order valence-corrected chi connectivity index (χ3v) is 14.8. The first-order chi connectivity index (χ1) is 28.7. The van der Waals surface area contributed by atoms with Crippen molar-refractivity contribution >= 4 is 81.4 Å². The molecule has 2 aliphatic carbocycles. The molecule has 1 N–H and O–H groups in total. The number of hydrogen-bond donors (Lipinski definition) is 1. The Labute approximate surface area is 348 Å². The van der Waals surface area contributed by atoms with Crippen LogP contribution in [-0.2, 0) is 10.8 Å². The van der Waals surface area contributed by atoms with E-state index in [2.05, 4.69) is 188 Å². The standard InChI is InChI=1S/C54H46N4S/c1-53(2)27-28-54(3,4)43-32-47-41(31-42(43)53)39-21-7-11-25-46(39)58(47)36-18-14-16-34(30-36)51-55-50(49-40-22-8-12-26-48(40)59-52(49)56-51)33-15-13-17-35(29-33)57-44-23-9-5-19-37(44)38-20-6-10-24-45(38)57/h5-13,15-17,19-26,29-32,51,56H,14,18,27-28H2,1-4H3. The third-order valence-electron chi connectivity index (χ3n) is 13.7. The second-order valence-electron chi connectivity index (χ2n) is 18.2. The van der Waals surface area contributed by atoms with E-state index in [1.165, 1.54) is 99.5 Å². The minimum absolute atomic E-state index is 0.129. The lowest BCUT2D eigenvalue weighted by Crippen LogP contribution is -2.33. The summed E-state index contributed by atoms with van der Waals surface area (Å²) in [5.74, 6) is 0. The van der Waals surface area contributed by atoms with E-state index in [1.807, 2.05) is 11.3 Å². The number of hydrogen-bond acceptors (Lipinski definition) is 3. The van der Waals surface area contributed by atoms with Crippen LogP contribution in [0.25, 0.3) is 65.1 Å². The van der Waals surface area contributed by atoms with Gasteiger partial charge >= 0.3 is 0 Å². The van der Waals surface area contributed by atoms with Gasteiger partial charge < -0.3 is 14.5 Å². The summed E-state index contributed by atoms with van der Waals surface area (Å²) in [6.45, 7) is 9.74. The molecule has 12 rings (SSSR count). The van der Waals surface area contributed by atoms with Gasteiger partial charge in [0, 0.05) is 54.1 Å². The van der Waals surface area contributed by atoms with Crippen LogP contribution in [0.2, 0.25) is 0 Å². The molecule has 1 unspecified atom stereocenters. The molecule has 0 radical (unpaired) electrons. The van der Waals surface area contributed by atoms with Gasteiger partial charge in [-0.25, -0.2) is 0 Å². The largest absolute Gasteiger partial charge is 0.351 e. The SMILES string of the molecule is CC1(C)CCC(C)(C)c2cc3c(cc21)c1ccccc1n3C1=CC(C2N=C(c3cccc(-n4c5ccccc5c5ccccc54)c3)c3c(sc4ccccc34)N2)=CCC1. The van der Waals surface area contributed by atoms with Gasteiger partial charge in [-0.3, -0.25) is 4.99 Å². The molecule has 0 spiro atoms. The van der Waals surface area contributed by atoms with E-state index >= 15 is 0 Å². The summed E-state index contributed by atoms with van der Waals surface area (Å²) in [5.41, 5.74) is 15.4. The van der Waals surface area contributed by atoms with Gasteiger partial charge in [0.25, 0.3) is 0 Å². The Hall–Kier alpha value is -6.17. The average Bonchev–Trinajstić information content (AvgIpc) is 3.92. The Morgan fingerprint density at radius 2 is 1.22 bits per heavy atom. The van der Waals surface area contributed by atoms with Crippen LogP contribution in [0.15, 0.2) is 156 Å². The summed E-state index contributed by atoms with van der Waals surface area (Å²) in [7, 11) is 0. The summed E-state index contributed by atoms with van der Waals surface area (Å²) >= 11 is 1.84. The molecule has 0 saturated heterocycles. The number of nitrogens with one attached hydrogen (secondary N) is 1. The van der Waals surface area contributed by atoms with E-state index in [1.54, 1.807) is 0 Å². The monoisotopic (exact) mass is 782 g/mol. The number of fused-ring (bicyclic) bond motifs is 10. The lowest BCUT2D eigenvalue weighted by Gasteiger charge is -2.42. The van der Waals surface area contributed by atoms with Crippen LogP contribution < -0.4 is 5.32 Å². The molecule has 0 bridgehead atoms. The molecule has 288 valence electrons. The zero-order chi connectivity index (χ0) is 39.6. The van der Waals surface area contributed by atoms with Crippen molar-refractivity contribution in [1.29, 1.82) is 0 Å². The fourth-order valence-electron chi connectivity index (χ4n) is 10.5. The maximum atomic E-state index is 5.70. The molecule has 59 heavy (non-hydrogen) atoms. The summed E-state index contributed by atoms with van der Waals surface area (Å²) < 4.78 is 6.25. The lowest BCUT2D eigenvalue weighted by atomic mass is 9.63. The number of allylic oxidation sites excluding steroid dienone is 2. The highest BCUT2D eigenvalue weighted by Crippen LogP contribution is 2.49. The Bertz CT molecular complexity index is 3270. The number of anilines is 1. The smallest absolute Gasteiger partial charge is 0.145 e. The van der Waals surface area contributed by atoms with E-state index in [4.69, 9.17) is 4.99 Å². The van der Waals surface area contributed by atoms with Gasteiger partial charge in [0.1, 0.15) is 11.2 Å². The van der Waals surface area contributed by atoms with Gasteiger partial charge in [-0.15, -0.1) is 11.3 Å². The van der Waals surface area contributed by atoms with Crippen molar-refractivity contribution in [3.8, 4) is 5.69 Å². The number of nitrogens with zero attached hydrogens (tertiary/aromatic N) is 3. The molecule has 9 aromatic rings. The van der Waals surface area contributed by atoms with Crippen molar-refractivity contribution in [1.82, 2.24) is 9.13 Å². The third kappa shape index (κ3) is 5.23.